The van der Waals surface area contributed by atoms with Gasteiger partial charge in [-0.3, -0.25) is 11.3 Å². The fourth-order valence-corrected chi connectivity index (χ4v) is 2.49. The van der Waals surface area contributed by atoms with Gasteiger partial charge in [0.05, 0.1) is 5.25 Å². The first-order chi connectivity index (χ1) is 5.54. The maximum Gasteiger partial charge on any atom is 0.211 e. The fourth-order valence-electron chi connectivity index (χ4n) is 1.56. The predicted molar refractivity (Wildman–Crippen MR) is 46.5 cm³/mol. The van der Waals surface area contributed by atoms with Gasteiger partial charge < -0.3 is 0 Å². The molecule has 0 unspecified atom stereocenters. The van der Waals surface area contributed by atoms with Crippen LogP contribution in [0.25, 0.3) is 0 Å². The number of sulfonamides is 1. The summed E-state index contributed by atoms with van der Waals surface area (Å²) in [6.45, 7) is 0. The van der Waals surface area contributed by atoms with Crippen LogP contribution in [0.5, 0.6) is 0 Å². The Bertz CT molecular complexity index is 231. The summed E-state index contributed by atoms with van der Waals surface area (Å²) in [5.41, 5.74) is 2.64. The van der Waals surface area contributed by atoms with Gasteiger partial charge in [0.15, 0.2) is 0 Å². The number of nitrogens with two attached hydrogens (primary N) is 2. The molecule has 0 bridgehead atoms. The van der Waals surface area contributed by atoms with Crippen molar-refractivity contribution >= 4 is 10.0 Å². The summed E-state index contributed by atoms with van der Waals surface area (Å²) in [6.07, 6.45) is 2.82. The summed E-state index contributed by atoms with van der Waals surface area (Å²) in [5, 5.41) is 4.66. The lowest BCUT2D eigenvalue weighted by Gasteiger charge is -2.26. The number of primary sulfonamides is 1. The van der Waals surface area contributed by atoms with Crippen molar-refractivity contribution in [2.75, 3.05) is 0 Å². The molecule has 0 atom stereocenters. The molecule has 0 aromatic carbocycles. The van der Waals surface area contributed by atoms with Gasteiger partial charge in [-0.05, 0) is 25.7 Å². The largest absolute Gasteiger partial charge is 0.271 e. The molecule has 0 radical (unpaired) electrons. The lowest BCUT2D eigenvalue weighted by Crippen LogP contribution is -2.41. The predicted octanol–water partition coefficient (Wildman–Crippen LogP) is -0.951. The number of hydrazine groups is 1. The minimum Gasteiger partial charge on any atom is -0.271 e. The third-order valence-electron chi connectivity index (χ3n) is 2.37. The summed E-state index contributed by atoms with van der Waals surface area (Å²) >= 11 is 0. The zero-order valence-electron chi connectivity index (χ0n) is 6.86. The van der Waals surface area contributed by atoms with Crippen LogP contribution in [0.15, 0.2) is 0 Å². The highest BCUT2D eigenvalue weighted by molar-refractivity contribution is 7.89. The van der Waals surface area contributed by atoms with Gasteiger partial charge in [-0.15, -0.1) is 0 Å². The van der Waals surface area contributed by atoms with E-state index in [-0.39, 0.29) is 11.3 Å². The minimum atomic E-state index is -3.33. The molecule has 6 heteroatoms. The molecule has 0 aromatic rings. The van der Waals surface area contributed by atoms with E-state index in [0.29, 0.717) is 12.8 Å². The van der Waals surface area contributed by atoms with E-state index in [1.807, 2.05) is 0 Å². The third-order valence-corrected chi connectivity index (χ3v) is 3.78. The molecule has 1 aliphatic rings. The Kier molecular flexibility index (Phi) is 3.05. The normalized spacial score (nSPS) is 31.8. The Hall–Kier alpha value is -0.170. The number of hydrogen-bond acceptors (Lipinski definition) is 4. The van der Waals surface area contributed by atoms with Gasteiger partial charge in [0, 0.05) is 6.04 Å². The van der Waals surface area contributed by atoms with Crippen molar-refractivity contribution in [3.05, 3.63) is 0 Å². The average molecular weight is 193 g/mol. The number of hydrogen-bond donors (Lipinski definition) is 3. The Labute approximate surface area is 72.5 Å². The van der Waals surface area contributed by atoms with E-state index in [4.69, 9.17) is 11.0 Å². The molecule has 0 saturated heterocycles. The highest BCUT2D eigenvalue weighted by Gasteiger charge is 2.27. The standard InChI is InChI=1S/C6H15N3O2S/c7-9-5-1-3-6(4-2-5)12(8,10)11/h5-6,9H,1-4,7H2,(H2,8,10,11). The van der Waals surface area contributed by atoms with E-state index in [1.54, 1.807) is 0 Å². The lowest BCUT2D eigenvalue weighted by molar-refractivity contribution is 0.377. The van der Waals surface area contributed by atoms with Crippen LogP contribution in [0, 0.1) is 0 Å². The van der Waals surface area contributed by atoms with E-state index in [0.717, 1.165) is 12.8 Å². The average Bonchev–Trinajstić information content (AvgIpc) is 2.03. The Balaban J connectivity index is 2.47. The van der Waals surface area contributed by atoms with Gasteiger partial charge in [-0.1, -0.05) is 0 Å². The van der Waals surface area contributed by atoms with Crippen molar-refractivity contribution in [2.45, 2.75) is 37.0 Å². The first-order valence-corrected chi connectivity index (χ1v) is 5.62. The monoisotopic (exact) mass is 193 g/mol. The fraction of sp³-hybridized carbons (Fsp3) is 1.00. The van der Waals surface area contributed by atoms with Crippen molar-refractivity contribution in [1.29, 1.82) is 0 Å². The van der Waals surface area contributed by atoms with Crippen molar-refractivity contribution < 1.29 is 8.42 Å². The molecule has 0 heterocycles. The van der Waals surface area contributed by atoms with Crippen molar-refractivity contribution in [2.24, 2.45) is 11.0 Å². The molecule has 12 heavy (non-hydrogen) atoms. The van der Waals surface area contributed by atoms with E-state index >= 15 is 0 Å². The van der Waals surface area contributed by atoms with Crippen molar-refractivity contribution in [1.82, 2.24) is 5.43 Å². The number of nitrogens with one attached hydrogen (secondary N) is 1. The molecule has 1 rings (SSSR count). The lowest BCUT2D eigenvalue weighted by atomic mass is 9.96. The topological polar surface area (TPSA) is 98.2 Å². The summed E-state index contributed by atoms with van der Waals surface area (Å²) < 4.78 is 21.8. The van der Waals surface area contributed by atoms with Crippen LogP contribution in [-0.4, -0.2) is 19.7 Å². The van der Waals surface area contributed by atoms with Crippen LogP contribution >= 0.6 is 0 Å². The molecule has 1 saturated carbocycles. The molecular formula is C6H15N3O2S. The molecule has 1 fully saturated rings. The highest BCUT2D eigenvalue weighted by atomic mass is 32.2. The van der Waals surface area contributed by atoms with E-state index in [1.165, 1.54) is 0 Å². The van der Waals surface area contributed by atoms with Crippen molar-refractivity contribution in [3.8, 4) is 0 Å². The first-order valence-electron chi connectivity index (χ1n) is 4.02. The Morgan fingerprint density at radius 3 is 2.00 bits per heavy atom. The highest BCUT2D eigenvalue weighted by Crippen LogP contribution is 2.22. The van der Waals surface area contributed by atoms with Crippen LogP contribution in [-0.2, 0) is 10.0 Å². The van der Waals surface area contributed by atoms with E-state index < -0.39 is 10.0 Å². The molecular weight excluding hydrogens is 178 g/mol. The van der Waals surface area contributed by atoms with Crippen molar-refractivity contribution in [3.63, 3.8) is 0 Å². The SMILES string of the molecule is NNC1CCC(S(N)(=O)=O)CC1. The Morgan fingerprint density at radius 2 is 1.67 bits per heavy atom. The van der Waals surface area contributed by atoms with E-state index in [9.17, 15) is 8.42 Å². The molecule has 5 nitrogen and oxygen atoms in total. The maximum atomic E-state index is 10.9. The van der Waals surface area contributed by atoms with Crippen LogP contribution in [0.3, 0.4) is 0 Å². The van der Waals surface area contributed by atoms with Gasteiger partial charge >= 0.3 is 0 Å². The second kappa shape index (κ2) is 3.69. The van der Waals surface area contributed by atoms with Gasteiger partial charge in [0.1, 0.15) is 0 Å². The number of rotatable bonds is 2. The smallest absolute Gasteiger partial charge is 0.211 e. The summed E-state index contributed by atoms with van der Waals surface area (Å²) in [4.78, 5) is 0. The van der Waals surface area contributed by atoms with Crippen LogP contribution in [0.2, 0.25) is 0 Å². The first kappa shape index (κ1) is 9.91. The van der Waals surface area contributed by atoms with E-state index in [2.05, 4.69) is 5.43 Å². The summed E-state index contributed by atoms with van der Waals surface area (Å²) in [6, 6.07) is 0.253. The summed E-state index contributed by atoms with van der Waals surface area (Å²) in [7, 11) is -3.33. The second-order valence-electron chi connectivity index (χ2n) is 3.23. The van der Waals surface area contributed by atoms with Gasteiger partial charge in [-0.25, -0.2) is 13.6 Å². The van der Waals surface area contributed by atoms with Crippen LogP contribution < -0.4 is 16.4 Å². The van der Waals surface area contributed by atoms with Gasteiger partial charge in [0.2, 0.25) is 10.0 Å². The third kappa shape index (κ3) is 2.41. The Morgan fingerprint density at radius 1 is 1.17 bits per heavy atom. The second-order valence-corrected chi connectivity index (χ2v) is 5.07. The van der Waals surface area contributed by atoms with Gasteiger partial charge in [0.25, 0.3) is 0 Å². The molecule has 5 N–H and O–H groups in total. The maximum absolute atomic E-state index is 10.9. The molecule has 72 valence electrons. The zero-order valence-corrected chi connectivity index (χ0v) is 7.68. The summed E-state index contributed by atoms with van der Waals surface area (Å²) in [5.74, 6) is 5.23. The quantitative estimate of drug-likeness (QED) is 0.389. The van der Waals surface area contributed by atoms with Crippen LogP contribution in [0.1, 0.15) is 25.7 Å². The molecule has 0 aromatic heterocycles. The zero-order chi connectivity index (χ0) is 9.19. The van der Waals surface area contributed by atoms with Crippen LogP contribution in [0.4, 0.5) is 0 Å². The minimum absolute atomic E-state index is 0.253. The molecule has 1 aliphatic carbocycles. The molecule has 0 amide bonds. The van der Waals surface area contributed by atoms with Gasteiger partial charge in [-0.2, -0.15) is 0 Å². The molecule has 0 spiro atoms. The molecule has 0 aliphatic heterocycles.